The summed E-state index contributed by atoms with van der Waals surface area (Å²) in [4.78, 5) is 11.3. The van der Waals surface area contributed by atoms with Crippen LogP contribution in [0.4, 0.5) is 5.69 Å². The molecule has 0 unspecified atom stereocenters. The van der Waals surface area contributed by atoms with Gasteiger partial charge in [-0.3, -0.25) is 4.79 Å². The fourth-order valence-electron chi connectivity index (χ4n) is 5.64. The largest absolute Gasteiger partial charge is 0.324 e. The lowest BCUT2D eigenvalue weighted by Crippen LogP contribution is -2.48. The van der Waals surface area contributed by atoms with Crippen molar-refractivity contribution >= 4 is 39.1 Å². The summed E-state index contributed by atoms with van der Waals surface area (Å²) in [6.45, 7) is 1.51. The third-order valence-corrected chi connectivity index (χ3v) is 6.92. The molecule has 0 heterocycles. The molecule has 0 aliphatic heterocycles. The summed E-state index contributed by atoms with van der Waals surface area (Å²) in [5.74, 6) is 2.65. The molecule has 1 aromatic carbocycles. The molecular formula is C18H21BrClNO. The SMILES string of the molecule is CC(=O)Nc1c(Cl)cc(C23CC4CC(CC(C4)C2)C3)cc1Br. The molecular weight excluding hydrogens is 362 g/mol. The Morgan fingerprint density at radius 3 is 2.18 bits per heavy atom. The Morgan fingerprint density at radius 2 is 1.73 bits per heavy atom. The summed E-state index contributed by atoms with van der Waals surface area (Å²) in [5, 5.41) is 3.47. The maximum Gasteiger partial charge on any atom is 0.221 e. The summed E-state index contributed by atoms with van der Waals surface area (Å²) in [6.07, 6.45) is 8.29. The summed E-state index contributed by atoms with van der Waals surface area (Å²) in [6, 6.07) is 4.30. The Labute approximate surface area is 145 Å². The highest BCUT2D eigenvalue weighted by atomic mass is 79.9. The molecule has 1 N–H and O–H groups in total. The van der Waals surface area contributed by atoms with Crippen LogP contribution in [0.5, 0.6) is 0 Å². The van der Waals surface area contributed by atoms with Crippen LogP contribution >= 0.6 is 27.5 Å². The molecule has 0 aromatic heterocycles. The van der Waals surface area contributed by atoms with Gasteiger partial charge in [0.25, 0.3) is 0 Å². The molecule has 118 valence electrons. The zero-order valence-electron chi connectivity index (χ0n) is 12.8. The highest BCUT2D eigenvalue weighted by molar-refractivity contribution is 9.10. The molecule has 0 atom stereocenters. The number of amides is 1. The van der Waals surface area contributed by atoms with Gasteiger partial charge in [0.15, 0.2) is 0 Å². The molecule has 4 heteroatoms. The molecule has 22 heavy (non-hydrogen) atoms. The van der Waals surface area contributed by atoms with E-state index in [-0.39, 0.29) is 5.91 Å². The van der Waals surface area contributed by atoms with E-state index in [4.69, 9.17) is 11.6 Å². The van der Waals surface area contributed by atoms with Crippen LogP contribution in [0.3, 0.4) is 0 Å². The van der Waals surface area contributed by atoms with Crippen molar-refractivity contribution in [2.75, 3.05) is 5.32 Å². The molecule has 1 amide bonds. The van der Waals surface area contributed by atoms with E-state index in [2.05, 4.69) is 33.4 Å². The Kier molecular flexibility index (Phi) is 3.58. The third-order valence-electron chi connectivity index (χ3n) is 5.99. The van der Waals surface area contributed by atoms with Crippen molar-refractivity contribution in [3.63, 3.8) is 0 Å². The number of benzene rings is 1. The molecule has 0 radical (unpaired) electrons. The van der Waals surface area contributed by atoms with E-state index in [0.717, 1.165) is 22.2 Å². The molecule has 2 nitrogen and oxygen atoms in total. The summed E-state index contributed by atoms with van der Waals surface area (Å²) in [7, 11) is 0. The van der Waals surface area contributed by atoms with Crippen LogP contribution in [-0.2, 0) is 10.2 Å². The van der Waals surface area contributed by atoms with Crippen molar-refractivity contribution in [3.05, 3.63) is 27.2 Å². The van der Waals surface area contributed by atoms with E-state index in [1.165, 1.54) is 51.0 Å². The minimum absolute atomic E-state index is 0.0924. The van der Waals surface area contributed by atoms with E-state index in [1.54, 1.807) is 0 Å². The second-order valence-electron chi connectivity index (χ2n) is 7.69. The minimum atomic E-state index is -0.0924. The van der Waals surface area contributed by atoms with Crippen LogP contribution in [0.1, 0.15) is 51.0 Å². The van der Waals surface area contributed by atoms with Gasteiger partial charge in [0.05, 0.1) is 10.7 Å². The van der Waals surface area contributed by atoms with E-state index in [0.29, 0.717) is 16.1 Å². The van der Waals surface area contributed by atoms with Crippen LogP contribution in [0.15, 0.2) is 16.6 Å². The van der Waals surface area contributed by atoms with E-state index < -0.39 is 0 Å². The molecule has 4 bridgehead atoms. The lowest BCUT2D eigenvalue weighted by Gasteiger charge is -2.57. The van der Waals surface area contributed by atoms with Crippen LogP contribution in [0, 0.1) is 17.8 Å². The highest BCUT2D eigenvalue weighted by Gasteiger charge is 2.51. The van der Waals surface area contributed by atoms with Crippen molar-refractivity contribution in [1.29, 1.82) is 0 Å². The van der Waals surface area contributed by atoms with Crippen molar-refractivity contribution in [2.45, 2.75) is 50.9 Å². The zero-order valence-corrected chi connectivity index (χ0v) is 15.1. The van der Waals surface area contributed by atoms with Crippen molar-refractivity contribution in [1.82, 2.24) is 0 Å². The Hall–Kier alpha value is -0.540. The average Bonchev–Trinajstić information content (AvgIpc) is 2.41. The predicted molar refractivity (Wildman–Crippen MR) is 93.3 cm³/mol. The van der Waals surface area contributed by atoms with E-state index in [9.17, 15) is 4.79 Å². The number of rotatable bonds is 2. The van der Waals surface area contributed by atoms with Crippen LogP contribution in [-0.4, -0.2) is 5.91 Å². The Balaban J connectivity index is 1.72. The molecule has 0 spiro atoms. The number of hydrogen-bond acceptors (Lipinski definition) is 1. The normalized spacial score (nSPS) is 35.7. The summed E-state index contributed by atoms with van der Waals surface area (Å²) >= 11 is 10.1. The molecule has 1 aromatic rings. The topological polar surface area (TPSA) is 29.1 Å². The van der Waals surface area contributed by atoms with Gasteiger partial charge in [0.2, 0.25) is 5.91 Å². The van der Waals surface area contributed by atoms with Crippen molar-refractivity contribution < 1.29 is 4.79 Å². The molecule has 4 fully saturated rings. The molecule has 4 saturated carbocycles. The first-order valence-corrected chi connectivity index (χ1v) is 9.39. The standard InChI is InChI=1S/C18H21BrClNO/c1-10(22)21-17-15(19)5-14(6-16(17)20)18-7-11-2-12(8-18)4-13(3-11)9-18/h5-6,11-13H,2-4,7-9H2,1H3,(H,21,22). The molecule has 0 saturated heterocycles. The van der Waals surface area contributed by atoms with Gasteiger partial charge >= 0.3 is 0 Å². The number of anilines is 1. The van der Waals surface area contributed by atoms with E-state index >= 15 is 0 Å². The van der Waals surface area contributed by atoms with Crippen LogP contribution in [0.2, 0.25) is 5.02 Å². The molecule has 4 aliphatic rings. The number of carbonyl (C=O) groups is 1. The van der Waals surface area contributed by atoms with Gasteiger partial charge in [0.1, 0.15) is 0 Å². The second-order valence-corrected chi connectivity index (χ2v) is 8.96. The van der Waals surface area contributed by atoms with Gasteiger partial charge in [0, 0.05) is 11.4 Å². The van der Waals surface area contributed by atoms with Gasteiger partial charge in [-0.25, -0.2) is 0 Å². The summed E-state index contributed by atoms with van der Waals surface area (Å²) in [5.41, 5.74) is 2.40. The predicted octanol–water partition coefficient (Wildman–Crippen LogP) is 5.53. The van der Waals surface area contributed by atoms with Gasteiger partial charge in [-0.2, -0.15) is 0 Å². The van der Waals surface area contributed by atoms with Gasteiger partial charge in [-0.15, -0.1) is 0 Å². The fourth-order valence-corrected chi connectivity index (χ4v) is 6.58. The van der Waals surface area contributed by atoms with E-state index in [1.807, 2.05) is 0 Å². The van der Waals surface area contributed by atoms with Crippen LogP contribution in [0.25, 0.3) is 0 Å². The number of hydrogen-bond donors (Lipinski definition) is 1. The maximum atomic E-state index is 11.3. The maximum absolute atomic E-state index is 11.3. The summed E-state index contributed by atoms with van der Waals surface area (Å²) < 4.78 is 0.904. The highest BCUT2D eigenvalue weighted by Crippen LogP contribution is 2.61. The average molecular weight is 383 g/mol. The van der Waals surface area contributed by atoms with Gasteiger partial charge < -0.3 is 5.32 Å². The number of carbonyl (C=O) groups excluding carboxylic acids is 1. The first-order valence-electron chi connectivity index (χ1n) is 8.22. The van der Waals surface area contributed by atoms with Gasteiger partial charge in [-0.05, 0) is 95.3 Å². The monoisotopic (exact) mass is 381 g/mol. The third kappa shape index (κ3) is 2.41. The quantitative estimate of drug-likeness (QED) is 0.716. The number of nitrogens with one attached hydrogen (secondary N) is 1. The first-order chi connectivity index (χ1) is 10.4. The lowest BCUT2D eigenvalue weighted by atomic mass is 9.48. The zero-order chi connectivity index (χ0) is 15.5. The second kappa shape index (κ2) is 5.24. The minimum Gasteiger partial charge on any atom is -0.324 e. The lowest BCUT2D eigenvalue weighted by molar-refractivity contribution is -0.114. The Morgan fingerprint density at radius 1 is 1.18 bits per heavy atom. The number of halogens is 2. The molecule has 4 aliphatic carbocycles. The van der Waals surface area contributed by atoms with Crippen molar-refractivity contribution in [3.8, 4) is 0 Å². The fraction of sp³-hybridized carbons (Fsp3) is 0.611. The molecule has 5 rings (SSSR count). The Bertz CT molecular complexity index is 584. The smallest absolute Gasteiger partial charge is 0.221 e. The van der Waals surface area contributed by atoms with Crippen LogP contribution < -0.4 is 5.32 Å². The van der Waals surface area contributed by atoms with Gasteiger partial charge in [-0.1, -0.05) is 11.6 Å². The van der Waals surface area contributed by atoms with Crippen molar-refractivity contribution in [2.24, 2.45) is 17.8 Å². The first kappa shape index (κ1) is 15.0.